The van der Waals surface area contributed by atoms with Gasteiger partial charge < -0.3 is 15.7 Å². The van der Waals surface area contributed by atoms with Gasteiger partial charge in [-0.1, -0.05) is 0 Å². The Bertz CT molecular complexity index is 487. The first-order chi connectivity index (χ1) is 10.0. The van der Waals surface area contributed by atoms with E-state index in [0.29, 0.717) is 31.9 Å². The van der Waals surface area contributed by atoms with E-state index in [2.05, 4.69) is 16.8 Å². The fourth-order valence-electron chi connectivity index (χ4n) is 2.60. The smallest absolute Gasteiger partial charge is 0.273 e. The van der Waals surface area contributed by atoms with Gasteiger partial charge in [-0.25, -0.2) is 4.98 Å². The van der Waals surface area contributed by atoms with Crippen LogP contribution in [0.3, 0.4) is 0 Å². The molecular formula is C14H26Cl2N4O2S. The van der Waals surface area contributed by atoms with Crippen molar-refractivity contribution in [2.45, 2.75) is 32.4 Å². The van der Waals surface area contributed by atoms with E-state index in [1.165, 1.54) is 11.3 Å². The average molecular weight is 385 g/mol. The Morgan fingerprint density at radius 1 is 1.52 bits per heavy atom. The Morgan fingerprint density at radius 2 is 2.22 bits per heavy atom. The van der Waals surface area contributed by atoms with Crippen LogP contribution in [0.4, 0.5) is 0 Å². The second kappa shape index (κ2) is 10.4. The highest BCUT2D eigenvalue weighted by Crippen LogP contribution is 2.16. The van der Waals surface area contributed by atoms with Crippen molar-refractivity contribution in [3.05, 3.63) is 16.1 Å². The number of aliphatic hydroxyl groups excluding tert-OH is 1. The second-order valence-corrected chi connectivity index (χ2v) is 6.55. The summed E-state index contributed by atoms with van der Waals surface area (Å²) in [6, 6.07) is 0.249. The molecule has 1 aliphatic rings. The first-order valence-corrected chi connectivity index (χ1v) is 8.25. The number of thiazole rings is 1. The molecule has 1 amide bonds. The third-order valence-electron chi connectivity index (χ3n) is 3.68. The molecule has 1 fully saturated rings. The lowest BCUT2D eigenvalue weighted by Crippen LogP contribution is -2.55. The molecule has 3 N–H and O–H groups in total. The largest absolute Gasteiger partial charge is 0.392 e. The van der Waals surface area contributed by atoms with Crippen molar-refractivity contribution in [1.82, 2.24) is 14.8 Å². The van der Waals surface area contributed by atoms with Crippen LogP contribution >= 0.6 is 36.2 Å². The summed E-state index contributed by atoms with van der Waals surface area (Å²) in [6.07, 6.45) is 0.378. The fourth-order valence-corrected chi connectivity index (χ4v) is 3.39. The van der Waals surface area contributed by atoms with Crippen LogP contribution in [0.1, 0.15) is 29.3 Å². The third kappa shape index (κ3) is 6.17. The molecule has 9 heteroatoms. The van der Waals surface area contributed by atoms with Crippen molar-refractivity contribution < 1.29 is 9.90 Å². The summed E-state index contributed by atoms with van der Waals surface area (Å²) in [7, 11) is 0. The van der Waals surface area contributed by atoms with Crippen LogP contribution in [0.25, 0.3) is 0 Å². The summed E-state index contributed by atoms with van der Waals surface area (Å²) in [4.78, 5) is 20.9. The monoisotopic (exact) mass is 384 g/mol. The molecule has 2 heterocycles. The highest BCUT2D eigenvalue weighted by molar-refractivity contribution is 7.09. The van der Waals surface area contributed by atoms with Crippen LogP contribution in [-0.2, 0) is 6.42 Å². The minimum absolute atomic E-state index is 0. The summed E-state index contributed by atoms with van der Waals surface area (Å²) in [5.74, 6) is -0.00179. The molecule has 0 aliphatic carbocycles. The number of aromatic nitrogens is 1. The van der Waals surface area contributed by atoms with Gasteiger partial charge in [0, 0.05) is 44.0 Å². The third-order valence-corrected chi connectivity index (χ3v) is 4.59. The first kappa shape index (κ1) is 22.6. The summed E-state index contributed by atoms with van der Waals surface area (Å²) >= 11 is 1.49. The molecule has 23 heavy (non-hydrogen) atoms. The number of aliphatic hydroxyl groups is 1. The Morgan fingerprint density at radius 3 is 2.78 bits per heavy atom. The van der Waals surface area contributed by atoms with Crippen molar-refractivity contribution in [2.75, 3.05) is 32.7 Å². The molecule has 1 aliphatic heterocycles. The second-order valence-electron chi connectivity index (χ2n) is 5.61. The van der Waals surface area contributed by atoms with Gasteiger partial charge in [0.25, 0.3) is 5.91 Å². The molecule has 0 aromatic carbocycles. The van der Waals surface area contributed by atoms with Crippen LogP contribution in [0.5, 0.6) is 0 Å². The normalized spacial score (nSPS) is 19.7. The van der Waals surface area contributed by atoms with Gasteiger partial charge in [0.2, 0.25) is 0 Å². The van der Waals surface area contributed by atoms with Crippen molar-refractivity contribution in [2.24, 2.45) is 5.73 Å². The number of carbonyl (C=O) groups is 1. The lowest BCUT2D eigenvalue weighted by atomic mass is 10.1. The van der Waals surface area contributed by atoms with Gasteiger partial charge in [-0.05, 0) is 20.4 Å². The molecule has 2 unspecified atom stereocenters. The SMILES string of the molecule is CC(O)CN1CCN(C(=O)c2csc(CCN)n2)CC1C.Cl.Cl. The minimum atomic E-state index is -0.341. The van der Waals surface area contributed by atoms with Gasteiger partial charge >= 0.3 is 0 Å². The molecule has 1 saturated heterocycles. The maximum absolute atomic E-state index is 12.5. The van der Waals surface area contributed by atoms with E-state index in [9.17, 15) is 9.90 Å². The average Bonchev–Trinajstić information content (AvgIpc) is 2.89. The number of nitrogens with zero attached hydrogens (tertiary/aromatic N) is 3. The van der Waals surface area contributed by atoms with Gasteiger partial charge in [0.05, 0.1) is 11.1 Å². The Labute approximate surface area is 153 Å². The number of halogens is 2. The van der Waals surface area contributed by atoms with E-state index < -0.39 is 0 Å². The predicted molar refractivity (Wildman–Crippen MR) is 98.0 cm³/mol. The zero-order valence-electron chi connectivity index (χ0n) is 13.5. The van der Waals surface area contributed by atoms with E-state index >= 15 is 0 Å². The Kier molecular flexibility index (Phi) is 10.2. The number of hydrogen-bond donors (Lipinski definition) is 2. The van der Waals surface area contributed by atoms with E-state index in [-0.39, 0.29) is 42.9 Å². The zero-order chi connectivity index (χ0) is 15.4. The molecule has 0 bridgehead atoms. The number of β-amino-alcohol motifs (C(OH)–C–C–N with tert-alkyl or cyclic N) is 1. The molecule has 1 aromatic heterocycles. The number of piperazine rings is 1. The zero-order valence-corrected chi connectivity index (χ0v) is 15.9. The summed E-state index contributed by atoms with van der Waals surface area (Å²) in [6.45, 7) is 7.23. The van der Waals surface area contributed by atoms with Gasteiger partial charge in [-0.2, -0.15) is 0 Å². The highest BCUT2D eigenvalue weighted by atomic mass is 35.5. The van der Waals surface area contributed by atoms with Crippen LogP contribution in [0.2, 0.25) is 0 Å². The lowest BCUT2D eigenvalue weighted by Gasteiger charge is -2.40. The van der Waals surface area contributed by atoms with E-state index in [1.807, 2.05) is 10.3 Å². The Hall–Kier alpha value is -0.440. The molecule has 6 nitrogen and oxygen atoms in total. The van der Waals surface area contributed by atoms with Gasteiger partial charge in [-0.15, -0.1) is 36.2 Å². The van der Waals surface area contributed by atoms with Gasteiger partial charge in [0.15, 0.2) is 0 Å². The van der Waals surface area contributed by atoms with Crippen LogP contribution in [0.15, 0.2) is 5.38 Å². The van der Waals surface area contributed by atoms with Gasteiger partial charge in [0.1, 0.15) is 5.69 Å². The molecular weight excluding hydrogens is 359 g/mol. The number of amides is 1. The van der Waals surface area contributed by atoms with Crippen molar-refractivity contribution in [3.8, 4) is 0 Å². The minimum Gasteiger partial charge on any atom is -0.392 e. The maximum atomic E-state index is 12.5. The fraction of sp³-hybridized carbons (Fsp3) is 0.714. The number of rotatable bonds is 5. The topological polar surface area (TPSA) is 82.7 Å². The number of nitrogens with two attached hydrogens (primary N) is 1. The number of carbonyl (C=O) groups excluding carboxylic acids is 1. The Balaban J connectivity index is 0.00000242. The summed E-state index contributed by atoms with van der Waals surface area (Å²) < 4.78 is 0. The van der Waals surface area contributed by atoms with E-state index in [4.69, 9.17) is 5.73 Å². The molecule has 2 rings (SSSR count). The van der Waals surface area contributed by atoms with Crippen LogP contribution < -0.4 is 5.73 Å². The molecule has 2 atom stereocenters. The molecule has 0 radical (unpaired) electrons. The predicted octanol–water partition coefficient (Wildman–Crippen LogP) is 1.01. The van der Waals surface area contributed by atoms with Crippen molar-refractivity contribution >= 4 is 42.1 Å². The molecule has 0 saturated carbocycles. The quantitative estimate of drug-likeness (QED) is 0.791. The van der Waals surface area contributed by atoms with Crippen molar-refractivity contribution in [1.29, 1.82) is 0 Å². The van der Waals surface area contributed by atoms with Gasteiger partial charge in [-0.3, -0.25) is 9.69 Å². The molecule has 0 spiro atoms. The highest BCUT2D eigenvalue weighted by Gasteiger charge is 2.28. The lowest BCUT2D eigenvalue weighted by molar-refractivity contribution is 0.0362. The maximum Gasteiger partial charge on any atom is 0.273 e. The summed E-state index contributed by atoms with van der Waals surface area (Å²) in [5.41, 5.74) is 6.03. The molecule has 1 aromatic rings. The number of hydrogen-bond acceptors (Lipinski definition) is 6. The van der Waals surface area contributed by atoms with Crippen LogP contribution in [0, 0.1) is 0 Å². The van der Waals surface area contributed by atoms with Crippen LogP contribution in [-0.4, -0.2) is 70.7 Å². The summed E-state index contributed by atoms with van der Waals surface area (Å²) in [5, 5.41) is 12.2. The standard InChI is InChI=1S/C14H24N4O2S.2ClH/c1-10-7-18(6-5-17(10)8-11(2)19)14(20)12-9-21-13(16-12)3-4-15;;/h9-11,19H,3-8,15H2,1-2H3;2*1H. The molecule has 134 valence electrons. The van der Waals surface area contributed by atoms with E-state index in [1.54, 1.807) is 6.92 Å². The first-order valence-electron chi connectivity index (χ1n) is 7.37. The van der Waals surface area contributed by atoms with Crippen molar-refractivity contribution in [3.63, 3.8) is 0 Å². The van der Waals surface area contributed by atoms with E-state index in [0.717, 1.165) is 18.0 Å².